The average molecular weight is 349 g/mol. The highest BCUT2D eigenvalue weighted by molar-refractivity contribution is 6.29. The maximum Gasteiger partial charge on any atom is 0.414 e. The number of carbonyl (C=O) groups excluding carboxylic acids is 1. The Morgan fingerprint density at radius 1 is 1.38 bits per heavy atom. The van der Waals surface area contributed by atoms with E-state index < -0.39 is 11.9 Å². The summed E-state index contributed by atoms with van der Waals surface area (Å²) in [6.07, 6.45) is 1.62. The molecular weight excluding hydrogens is 335 g/mol. The number of amides is 1. The lowest BCUT2D eigenvalue weighted by atomic mass is 10.2. The van der Waals surface area contributed by atoms with Crippen molar-refractivity contribution < 1.29 is 13.9 Å². The molecule has 0 aliphatic heterocycles. The number of benzene rings is 1. The molecule has 0 fully saturated rings. The van der Waals surface area contributed by atoms with Crippen molar-refractivity contribution in [1.29, 1.82) is 0 Å². The third-order valence-electron chi connectivity index (χ3n) is 3.44. The Kier molecular flexibility index (Phi) is 4.61. The van der Waals surface area contributed by atoms with Crippen molar-refractivity contribution in [2.75, 3.05) is 0 Å². The number of aryl methyl sites for hydroxylation is 1. The molecule has 3 rings (SSSR count). The molecule has 2 aromatic heterocycles. The Labute approximate surface area is 142 Å². The largest absolute Gasteiger partial charge is 0.414 e. The SMILES string of the molecule is CCc1cnn2c(OC(=O)NCc3ccccc3F)cc(Cl)nc12. The molecule has 6 nitrogen and oxygen atoms in total. The minimum atomic E-state index is -0.740. The zero-order valence-electron chi connectivity index (χ0n) is 12.8. The van der Waals surface area contributed by atoms with Gasteiger partial charge < -0.3 is 10.1 Å². The van der Waals surface area contributed by atoms with Crippen LogP contribution in [0.15, 0.2) is 36.5 Å². The Balaban J connectivity index is 1.76. The van der Waals surface area contributed by atoms with Crippen LogP contribution in [0.25, 0.3) is 5.65 Å². The quantitative estimate of drug-likeness (QED) is 0.734. The van der Waals surface area contributed by atoms with Gasteiger partial charge in [0.25, 0.3) is 0 Å². The number of nitrogens with one attached hydrogen (secondary N) is 1. The molecule has 1 amide bonds. The van der Waals surface area contributed by atoms with Crippen LogP contribution in [0, 0.1) is 5.82 Å². The van der Waals surface area contributed by atoms with Crippen LogP contribution >= 0.6 is 11.6 Å². The normalized spacial score (nSPS) is 10.8. The minimum Gasteiger partial charge on any atom is -0.391 e. The third kappa shape index (κ3) is 3.30. The molecule has 124 valence electrons. The van der Waals surface area contributed by atoms with E-state index in [0.717, 1.165) is 12.0 Å². The van der Waals surface area contributed by atoms with Crippen molar-refractivity contribution in [3.05, 3.63) is 58.6 Å². The van der Waals surface area contributed by atoms with Crippen molar-refractivity contribution in [1.82, 2.24) is 19.9 Å². The van der Waals surface area contributed by atoms with Gasteiger partial charge in [0, 0.05) is 23.7 Å². The molecule has 0 radical (unpaired) electrons. The standard InChI is InChI=1S/C16H14ClFN4O2/c1-2-10-9-20-22-14(7-13(17)21-15(10)22)24-16(23)19-8-11-5-3-4-6-12(11)18/h3-7,9H,2,8H2,1H3,(H,19,23). The van der Waals surface area contributed by atoms with Crippen molar-refractivity contribution in [2.45, 2.75) is 19.9 Å². The molecule has 1 N–H and O–H groups in total. The van der Waals surface area contributed by atoms with Crippen molar-refractivity contribution in [3.8, 4) is 5.88 Å². The summed E-state index contributed by atoms with van der Waals surface area (Å²) < 4.78 is 20.2. The maximum absolute atomic E-state index is 13.5. The first kappa shape index (κ1) is 16.2. The molecular formula is C16H14ClFN4O2. The third-order valence-corrected chi connectivity index (χ3v) is 3.63. The molecule has 0 saturated heterocycles. The second-order valence-corrected chi connectivity index (χ2v) is 5.40. The van der Waals surface area contributed by atoms with Crippen LogP contribution in [0.1, 0.15) is 18.1 Å². The number of carbonyl (C=O) groups is 1. The summed E-state index contributed by atoms with van der Waals surface area (Å²) in [7, 11) is 0. The van der Waals surface area contributed by atoms with E-state index in [2.05, 4.69) is 15.4 Å². The molecule has 0 spiro atoms. The molecule has 0 aliphatic rings. The summed E-state index contributed by atoms with van der Waals surface area (Å²) in [6.45, 7) is 1.97. The summed E-state index contributed by atoms with van der Waals surface area (Å²) in [5, 5.41) is 6.82. The fourth-order valence-electron chi connectivity index (χ4n) is 2.22. The number of nitrogens with zero attached hydrogens (tertiary/aromatic N) is 3. The van der Waals surface area contributed by atoms with Gasteiger partial charge in [-0.3, -0.25) is 0 Å². The van der Waals surface area contributed by atoms with E-state index in [4.69, 9.17) is 16.3 Å². The highest BCUT2D eigenvalue weighted by Gasteiger charge is 2.14. The predicted octanol–water partition coefficient (Wildman–Crippen LogP) is 3.37. The van der Waals surface area contributed by atoms with Crippen LogP contribution in [0.3, 0.4) is 0 Å². The average Bonchev–Trinajstić information content (AvgIpc) is 2.97. The van der Waals surface area contributed by atoms with Gasteiger partial charge in [-0.1, -0.05) is 36.7 Å². The van der Waals surface area contributed by atoms with Gasteiger partial charge in [-0.05, 0) is 12.5 Å². The van der Waals surface area contributed by atoms with Gasteiger partial charge in [-0.2, -0.15) is 9.61 Å². The van der Waals surface area contributed by atoms with Crippen molar-refractivity contribution in [3.63, 3.8) is 0 Å². The smallest absolute Gasteiger partial charge is 0.391 e. The zero-order valence-corrected chi connectivity index (χ0v) is 13.5. The molecule has 0 aliphatic carbocycles. The first-order chi connectivity index (χ1) is 11.6. The van der Waals surface area contributed by atoms with Gasteiger partial charge in [0.05, 0.1) is 6.20 Å². The van der Waals surface area contributed by atoms with Gasteiger partial charge >= 0.3 is 6.09 Å². The maximum atomic E-state index is 13.5. The summed E-state index contributed by atoms with van der Waals surface area (Å²) in [5.74, 6) is -0.262. The van der Waals surface area contributed by atoms with Crippen LogP contribution in [0.2, 0.25) is 5.15 Å². The predicted molar refractivity (Wildman–Crippen MR) is 86.6 cm³/mol. The van der Waals surface area contributed by atoms with Gasteiger partial charge in [-0.25, -0.2) is 14.2 Å². The molecule has 24 heavy (non-hydrogen) atoms. The number of halogens is 2. The second kappa shape index (κ2) is 6.84. The van der Waals surface area contributed by atoms with Gasteiger partial charge in [0.2, 0.25) is 5.88 Å². The van der Waals surface area contributed by atoms with E-state index in [-0.39, 0.29) is 17.6 Å². The van der Waals surface area contributed by atoms with Gasteiger partial charge in [-0.15, -0.1) is 0 Å². The lowest BCUT2D eigenvalue weighted by Crippen LogP contribution is -2.27. The monoisotopic (exact) mass is 348 g/mol. The number of hydrogen-bond donors (Lipinski definition) is 1. The first-order valence-electron chi connectivity index (χ1n) is 7.30. The fraction of sp³-hybridized carbons (Fsp3) is 0.188. The Morgan fingerprint density at radius 2 is 2.17 bits per heavy atom. The molecule has 3 aromatic rings. The first-order valence-corrected chi connectivity index (χ1v) is 7.68. The lowest BCUT2D eigenvalue weighted by Gasteiger charge is -2.09. The molecule has 0 saturated carbocycles. The Hall–Kier alpha value is -2.67. The Morgan fingerprint density at radius 3 is 2.92 bits per heavy atom. The van der Waals surface area contributed by atoms with E-state index >= 15 is 0 Å². The summed E-state index contributed by atoms with van der Waals surface area (Å²) in [4.78, 5) is 16.2. The van der Waals surface area contributed by atoms with E-state index in [1.165, 1.54) is 16.6 Å². The van der Waals surface area contributed by atoms with Crippen LogP contribution in [0.4, 0.5) is 9.18 Å². The summed E-state index contributed by atoms with van der Waals surface area (Å²) in [5.41, 5.74) is 1.77. The van der Waals surface area contributed by atoms with Gasteiger partial charge in [0.1, 0.15) is 11.0 Å². The van der Waals surface area contributed by atoms with Crippen LogP contribution < -0.4 is 10.1 Å². The number of aromatic nitrogens is 3. The number of hydrogen-bond acceptors (Lipinski definition) is 4. The van der Waals surface area contributed by atoms with E-state index in [1.54, 1.807) is 24.4 Å². The Bertz CT molecular complexity index is 897. The number of rotatable bonds is 4. The van der Waals surface area contributed by atoms with Gasteiger partial charge in [0.15, 0.2) is 5.65 Å². The number of ether oxygens (including phenoxy) is 1. The zero-order chi connectivity index (χ0) is 17.1. The lowest BCUT2D eigenvalue weighted by molar-refractivity contribution is 0.196. The molecule has 0 bridgehead atoms. The minimum absolute atomic E-state index is 0.00673. The molecule has 2 heterocycles. The number of fused-ring (bicyclic) bond motifs is 1. The van der Waals surface area contributed by atoms with Crippen LogP contribution in [-0.2, 0) is 13.0 Å². The summed E-state index contributed by atoms with van der Waals surface area (Å²) in [6, 6.07) is 7.57. The fourth-order valence-corrected chi connectivity index (χ4v) is 2.39. The van der Waals surface area contributed by atoms with Crippen molar-refractivity contribution in [2.24, 2.45) is 0 Å². The molecule has 0 unspecified atom stereocenters. The van der Waals surface area contributed by atoms with Crippen LogP contribution in [0.5, 0.6) is 5.88 Å². The topological polar surface area (TPSA) is 68.5 Å². The molecule has 8 heteroatoms. The van der Waals surface area contributed by atoms with E-state index in [9.17, 15) is 9.18 Å². The van der Waals surface area contributed by atoms with E-state index in [1.807, 2.05) is 6.92 Å². The second-order valence-electron chi connectivity index (χ2n) is 5.01. The highest BCUT2D eigenvalue weighted by Crippen LogP contribution is 2.21. The molecule has 1 aromatic carbocycles. The van der Waals surface area contributed by atoms with Crippen molar-refractivity contribution >= 4 is 23.3 Å². The van der Waals surface area contributed by atoms with E-state index in [0.29, 0.717) is 11.2 Å². The summed E-state index contributed by atoms with van der Waals surface area (Å²) >= 11 is 5.97. The highest BCUT2D eigenvalue weighted by atomic mass is 35.5. The van der Waals surface area contributed by atoms with Crippen LogP contribution in [-0.4, -0.2) is 20.7 Å². The molecule has 0 atom stereocenters.